The molecule has 118 valence electrons. The van der Waals surface area contributed by atoms with Crippen LogP contribution < -0.4 is 9.80 Å². The fourth-order valence-electron chi connectivity index (χ4n) is 3.78. The summed E-state index contributed by atoms with van der Waals surface area (Å²) in [6, 6.07) is 8.34. The van der Waals surface area contributed by atoms with Gasteiger partial charge in [0.25, 0.3) is 5.91 Å². The van der Waals surface area contributed by atoms with Crippen LogP contribution >= 0.6 is 11.6 Å². The van der Waals surface area contributed by atoms with Crippen LogP contribution in [0.3, 0.4) is 0 Å². The molecular formula is C17H17ClN4O. The van der Waals surface area contributed by atoms with Gasteiger partial charge in [0.05, 0.1) is 6.20 Å². The number of hydrogen-bond donors (Lipinski definition) is 0. The van der Waals surface area contributed by atoms with Crippen molar-refractivity contribution in [3.8, 4) is 0 Å². The van der Waals surface area contributed by atoms with E-state index in [9.17, 15) is 4.79 Å². The Bertz CT molecular complexity index is 809. The fraction of sp³-hybridized carbons (Fsp3) is 0.353. The van der Waals surface area contributed by atoms with E-state index in [1.54, 1.807) is 18.1 Å². The summed E-state index contributed by atoms with van der Waals surface area (Å²) < 4.78 is 0. The van der Waals surface area contributed by atoms with Gasteiger partial charge >= 0.3 is 0 Å². The first-order chi connectivity index (χ1) is 11.0. The van der Waals surface area contributed by atoms with E-state index in [1.165, 1.54) is 11.1 Å². The summed E-state index contributed by atoms with van der Waals surface area (Å²) in [5.41, 5.74) is 2.66. The number of rotatable bonds is 0. The number of amides is 1. The van der Waals surface area contributed by atoms with E-state index in [-0.39, 0.29) is 11.2 Å². The first kappa shape index (κ1) is 14.5. The van der Waals surface area contributed by atoms with Crippen LogP contribution in [0.1, 0.15) is 17.5 Å². The zero-order valence-corrected chi connectivity index (χ0v) is 13.8. The topological polar surface area (TPSA) is 49.3 Å². The van der Waals surface area contributed by atoms with Crippen LogP contribution in [0.15, 0.2) is 30.5 Å². The summed E-state index contributed by atoms with van der Waals surface area (Å²) in [5, 5.41) is 0.199. The predicted octanol–water partition coefficient (Wildman–Crippen LogP) is 2.47. The number of nitrogens with zero attached hydrogens (tertiary/aromatic N) is 4. The third-order valence-electron chi connectivity index (χ3n) is 5.15. The first-order valence-corrected chi connectivity index (χ1v) is 8.02. The van der Waals surface area contributed by atoms with Gasteiger partial charge in [-0.1, -0.05) is 24.3 Å². The smallest absolute Gasteiger partial charge is 0.253 e. The molecule has 1 aliphatic heterocycles. The molecule has 0 radical (unpaired) electrons. The Morgan fingerprint density at radius 2 is 1.96 bits per heavy atom. The summed E-state index contributed by atoms with van der Waals surface area (Å²) in [5.74, 6) is 0.805. The van der Waals surface area contributed by atoms with Crippen LogP contribution in [0, 0.1) is 0 Å². The third-order valence-corrected chi connectivity index (χ3v) is 5.34. The number of likely N-dealkylation sites (N-methyl/N-ethyl adjacent to an activating group) is 2. The molecule has 0 saturated carbocycles. The molecule has 2 heterocycles. The second-order valence-corrected chi connectivity index (χ2v) is 6.59. The van der Waals surface area contributed by atoms with Crippen molar-refractivity contribution in [2.24, 2.45) is 0 Å². The van der Waals surface area contributed by atoms with Crippen LogP contribution in [0.5, 0.6) is 0 Å². The predicted molar refractivity (Wildman–Crippen MR) is 90.1 cm³/mol. The molecular weight excluding hydrogens is 312 g/mol. The number of aromatic nitrogens is 2. The van der Waals surface area contributed by atoms with Crippen molar-refractivity contribution in [1.29, 1.82) is 0 Å². The second kappa shape index (κ2) is 4.93. The Morgan fingerprint density at radius 1 is 1.22 bits per heavy atom. The van der Waals surface area contributed by atoms with Gasteiger partial charge < -0.3 is 9.80 Å². The van der Waals surface area contributed by atoms with Crippen LogP contribution in [0.25, 0.3) is 0 Å². The lowest BCUT2D eigenvalue weighted by Crippen LogP contribution is -2.64. The number of aryl methyl sites for hydroxylation is 1. The normalized spacial score (nSPS) is 23.0. The highest BCUT2D eigenvalue weighted by Gasteiger charge is 2.51. The number of carbonyl (C=O) groups is 1. The van der Waals surface area contributed by atoms with Gasteiger partial charge in [0.2, 0.25) is 5.28 Å². The molecule has 1 spiro atoms. The molecule has 0 fully saturated rings. The van der Waals surface area contributed by atoms with Crippen LogP contribution in [-0.2, 0) is 17.6 Å². The Kier molecular flexibility index (Phi) is 3.10. The average Bonchev–Trinajstić information content (AvgIpc) is 2.58. The van der Waals surface area contributed by atoms with Crippen molar-refractivity contribution in [1.82, 2.24) is 9.97 Å². The number of halogens is 1. The maximum absolute atomic E-state index is 13.2. The highest BCUT2D eigenvalue weighted by molar-refractivity contribution is 6.28. The van der Waals surface area contributed by atoms with Crippen molar-refractivity contribution < 1.29 is 4.79 Å². The molecule has 4 rings (SSSR count). The number of hydrogen-bond acceptors (Lipinski definition) is 4. The molecule has 2 aromatic rings. The minimum Gasteiger partial charge on any atom is -0.343 e. The summed E-state index contributed by atoms with van der Waals surface area (Å²) in [7, 11) is 3.72. The van der Waals surface area contributed by atoms with E-state index in [0.29, 0.717) is 17.9 Å². The largest absolute Gasteiger partial charge is 0.343 e. The lowest BCUT2D eigenvalue weighted by atomic mass is 9.75. The van der Waals surface area contributed by atoms with E-state index in [0.717, 1.165) is 12.8 Å². The maximum Gasteiger partial charge on any atom is 0.253 e. The molecule has 1 aromatic heterocycles. The zero-order chi connectivity index (χ0) is 16.2. The molecule has 23 heavy (non-hydrogen) atoms. The van der Waals surface area contributed by atoms with Gasteiger partial charge in [0, 0.05) is 20.5 Å². The van der Waals surface area contributed by atoms with Crippen LogP contribution in [0.4, 0.5) is 11.5 Å². The molecule has 1 atom stereocenters. The van der Waals surface area contributed by atoms with E-state index in [2.05, 4.69) is 28.2 Å². The van der Waals surface area contributed by atoms with Gasteiger partial charge in [-0.15, -0.1) is 0 Å². The van der Waals surface area contributed by atoms with Gasteiger partial charge in [-0.05, 0) is 35.6 Å². The fourth-order valence-corrected chi connectivity index (χ4v) is 3.91. The van der Waals surface area contributed by atoms with Crippen LogP contribution in [0.2, 0.25) is 5.28 Å². The highest BCUT2D eigenvalue weighted by Crippen LogP contribution is 2.43. The molecule has 0 bridgehead atoms. The molecule has 6 heteroatoms. The zero-order valence-electron chi connectivity index (χ0n) is 13.1. The van der Waals surface area contributed by atoms with Crippen molar-refractivity contribution >= 4 is 29.0 Å². The molecule has 2 aliphatic rings. The van der Waals surface area contributed by atoms with E-state index in [4.69, 9.17) is 11.6 Å². The third kappa shape index (κ3) is 1.96. The molecule has 1 aromatic carbocycles. The monoisotopic (exact) mass is 328 g/mol. The molecule has 1 amide bonds. The Balaban J connectivity index is 1.85. The minimum atomic E-state index is -0.603. The molecule has 1 unspecified atom stereocenters. The van der Waals surface area contributed by atoms with Crippen molar-refractivity contribution in [3.63, 3.8) is 0 Å². The Morgan fingerprint density at radius 3 is 2.74 bits per heavy atom. The highest BCUT2D eigenvalue weighted by atomic mass is 35.5. The van der Waals surface area contributed by atoms with Crippen molar-refractivity contribution in [2.75, 3.05) is 23.9 Å². The van der Waals surface area contributed by atoms with E-state index < -0.39 is 5.54 Å². The second-order valence-electron chi connectivity index (χ2n) is 6.25. The lowest BCUT2D eigenvalue weighted by molar-refractivity contribution is -0.124. The molecule has 0 saturated heterocycles. The van der Waals surface area contributed by atoms with Gasteiger partial charge in [-0.2, -0.15) is 4.98 Å². The number of anilines is 2. The molecule has 0 N–H and O–H groups in total. The minimum absolute atomic E-state index is 0.0907. The van der Waals surface area contributed by atoms with E-state index >= 15 is 0 Å². The number of fused-ring (bicyclic) bond motifs is 2. The van der Waals surface area contributed by atoms with Gasteiger partial charge in [-0.25, -0.2) is 4.98 Å². The quantitative estimate of drug-likeness (QED) is 0.697. The molecule has 5 nitrogen and oxygen atoms in total. The Labute approximate surface area is 139 Å². The molecule has 1 aliphatic carbocycles. The van der Waals surface area contributed by atoms with Crippen molar-refractivity contribution in [3.05, 3.63) is 46.9 Å². The van der Waals surface area contributed by atoms with Gasteiger partial charge in [-0.3, -0.25) is 4.79 Å². The SMILES string of the molecule is CN1C(=O)C2(CCc3ccccc3C2)N(C)c2nc(Cl)ncc21. The summed E-state index contributed by atoms with van der Waals surface area (Å²) >= 11 is 5.98. The maximum atomic E-state index is 13.2. The number of benzene rings is 1. The lowest BCUT2D eigenvalue weighted by Gasteiger charge is -2.49. The summed E-state index contributed by atoms with van der Waals surface area (Å²) in [6.07, 6.45) is 3.95. The van der Waals surface area contributed by atoms with Crippen molar-refractivity contribution in [2.45, 2.75) is 24.8 Å². The summed E-state index contributed by atoms with van der Waals surface area (Å²) in [4.78, 5) is 25.2. The Hall–Kier alpha value is -2.14. The van der Waals surface area contributed by atoms with Gasteiger partial charge in [0.1, 0.15) is 11.2 Å². The summed E-state index contributed by atoms with van der Waals surface area (Å²) in [6.45, 7) is 0. The van der Waals surface area contributed by atoms with Gasteiger partial charge in [0.15, 0.2) is 5.82 Å². The van der Waals surface area contributed by atoms with Crippen LogP contribution in [-0.4, -0.2) is 35.5 Å². The standard InChI is InChI=1S/C17H17ClN4O/c1-21-13-10-19-16(18)20-14(13)22(2)17(15(21)23)8-7-11-5-3-4-6-12(11)9-17/h3-6,10H,7-9H2,1-2H3. The average molecular weight is 329 g/mol. The number of carbonyl (C=O) groups excluding carboxylic acids is 1. The first-order valence-electron chi connectivity index (χ1n) is 7.64. The van der Waals surface area contributed by atoms with E-state index in [1.807, 2.05) is 18.0 Å².